The summed E-state index contributed by atoms with van der Waals surface area (Å²) in [5.74, 6) is 1.30. The summed E-state index contributed by atoms with van der Waals surface area (Å²) in [6, 6.07) is 13.2. The number of hydrogen-bond acceptors (Lipinski definition) is 6. The molecule has 1 amide bonds. The lowest BCUT2D eigenvalue weighted by Crippen LogP contribution is -2.54. The lowest BCUT2D eigenvalue weighted by Gasteiger charge is -2.38. The van der Waals surface area contributed by atoms with E-state index < -0.39 is 6.10 Å². The van der Waals surface area contributed by atoms with Crippen molar-refractivity contribution in [2.45, 2.75) is 32.9 Å². The molecule has 2 aromatic rings. The molecule has 1 saturated heterocycles. The number of hydrogen-bond donors (Lipinski definition) is 2. The second-order valence-electron chi connectivity index (χ2n) is 8.38. The van der Waals surface area contributed by atoms with Crippen LogP contribution >= 0.6 is 0 Å². The highest BCUT2D eigenvalue weighted by molar-refractivity contribution is 5.95. The topological polar surface area (TPSA) is 74.3 Å². The Bertz CT molecular complexity index is 876. The summed E-state index contributed by atoms with van der Waals surface area (Å²) in [4.78, 5) is 17.2. The van der Waals surface area contributed by atoms with Gasteiger partial charge in [0, 0.05) is 38.4 Å². The molecule has 7 nitrogen and oxygen atoms in total. The van der Waals surface area contributed by atoms with Crippen LogP contribution in [-0.2, 0) is 4.79 Å². The number of carbonyl (C=O) groups is 1. The molecule has 2 N–H and O–H groups in total. The molecule has 1 aliphatic heterocycles. The van der Waals surface area contributed by atoms with Crippen LogP contribution in [0, 0.1) is 13.8 Å². The van der Waals surface area contributed by atoms with Crippen molar-refractivity contribution in [3.05, 3.63) is 53.6 Å². The zero-order valence-electron chi connectivity index (χ0n) is 19.5. The largest absolute Gasteiger partial charge is 0.493 e. The second kappa shape index (κ2) is 11.3. The average Bonchev–Trinajstić information content (AvgIpc) is 2.80. The Hall–Kier alpha value is -2.61. The molecule has 174 valence electrons. The average molecular weight is 442 g/mol. The summed E-state index contributed by atoms with van der Waals surface area (Å²) in [5.41, 5.74) is 3.04. The molecule has 2 aromatic carbocycles. The first-order valence-electron chi connectivity index (χ1n) is 11.2. The fraction of sp³-hybridized carbons (Fsp3) is 0.480. The van der Waals surface area contributed by atoms with Gasteiger partial charge in [-0.25, -0.2) is 0 Å². The first kappa shape index (κ1) is 24.0. The van der Waals surface area contributed by atoms with Crippen molar-refractivity contribution in [1.29, 1.82) is 0 Å². The third-order valence-corrected chi connectivity index (χ3v) is 6.03. The number of piperazine rings is 1. The van der Waals surface area contributed by atoms with Crippen LogP contribution in [0.3, 0.4) is 0 Å². The number of para-hydroxylation sites is 3. The third kappa shape index (κ3) is 6.22. The summed E-state index contributed by atoms with van der Waals surface area (Å²) in [6.07, 6.45) is -0.601. The van der Waals surface area contributed by atoms with Crippen molar-refractivity contribution in [3.8, 4) is 11.5 Å². The van der Waals surface area contributed by atoms with Crippen LogP contribution in [0.1, 0.15) is 18.1 Å². The minimum absolute atomic E-state index is 0.0149. The molecule has 1 aliphatic rings. The molecule has 0 aliphatic carbocycles. The van der Waals surface area contributed by atoms with Gasteiger partial charge in [0.25, 0.3) is 0 Å². The lowest BCUT2D eigenvalue weighted by atomic mass is 10.1. The normalized spacial score (nSPS) is 16.9. The summed E-state index contributed by atoms with van der Waals surface area (Å²) in [7, 11) is 1.60. The SMILES string of the molecule is COc1ccccc1OCC(O)CN1CCN(C(C)C(=O)Nc2c(C)cccc2C)CC1. The van der Waals surface area contributed by atoms with Gasteiger partial charge < -0.3 is 19.9 Å². The van der Waals surface area contributed by atoms with Crippen molar-refractivity contribution >= 4 is 11.6 Å². The minimum Gasteiger partial charge on any atom is -0.493 e. The Morgan fingerprint density at radius 1 is 1.03 bits per heavy atom. The van der Waals surface area contributed by atoms with E-state index in [1.807, 2.05) is 63.2 Å². The van der Waals surface area contributed by atoms with E-state index in [1.165, 1.54) is 0 Å². The Balaban J connectivity index is 1.43. The molecule has 0 aromatic heterocycles. The summed E-state index contributed by atoms with van der Waals surface area (Å²) in [6.45, 7) is 9.86. The molecule has 0 radical (unpaired) electrons. The number of amides is 1. The fourth-order valence-corrected chi connectivity index (χ4v) is 4.01. The summed E-state index contributed by atoms with van der Waals surface area (Å²) >= 11 is 0. The Kier molecular flexibility index (Phi) is 8.50. The number of nitrogens with one attached hydrogen (secondary N) is 1. The number of ether oxygens (including phenoxy) is 2. The number of β-amino-alcohol motifs (C(OH)–C–C–N with tert-alkyl or cyclic N) is 1. The van der Waals surface area contributed by atoms with Gasteiger partial charge in [0.15, 0.2) is 11.5 Å². The van der Waals surface area contributed by atoms with E-state index in [0.29, 0.717) is 18.0 Å². The molecule has 7 heteroatoms. The van der Waals surface area contributed by atoms with Crippen LogP contribution in [0.4, 0.5) is 5.69 Å². The Morgan fingerprint density at radius 2 is 1.66 bits per heavy atom. The Morgan fingerprint density at radius 3 is 2.28 bits per heavy atom. The highest BCUT2D eigenvalue weighted by Gasteiger charge is 2.27. The van der Waals surface area contributed by atoms with Gasteiger partial charge in [-0.15, -0.1) is 0 Å². The molecule has 0 spiro atoms. The van der Waals surface area contributed by atoms with Gasteiger partial charge in [-0.3, -0.25) is 14.6 Å². The monoisotopic (exact) mass is 441 g/mol. The molecular weight excluding hydrogens is 406 g/mol. The predicted octanol–water partition coefficient (Wildman–Crippen LogP) is 2.70. The fourth-order valence-electron chi connectivity index (χ4n) is 4.01. The molecular formula is C25H35N3O4. The maximum atomic E-state index is 12.8. The van der Waals surface area contributed by atoms with E-state index in [1.54, 1.807) is 7.11 Å². The number of benzene rings is 2. The van der Waals surface area contributed by atoms with Crippen LogP contribution < -0.4 is 14.8 Å². The van der Waals surface area contributed by atoms with E-state index in [0.717, 1.165) is 43.0 Å². The highest BCUT2D eigenvalue weighted by Crippen LogP contribution is 2.26. The first-order chi connectivity index (χ1) is 15.4. The number of aryl methyl sites for hydroxylation is 2. The van der Waals surface area contributed by atoms with E-state index in [2.05, 4.69) is 15.1 Å². The van der Waals surface area contributed by atoms with E-state index in [4.69, 9.17) is 9.47 Å². The number of carbonyl (C=O) groups excluding carboxylic acids is 1. The van der Waals surface area contributed by atoms with Gasteiger partial charge in [0.05, 0.1) is 13.2 Å². The van der Waals surface area contributed by atoms with Gasteiger partial charge in [0.1, 0.15) is 12.7 Å². The maximum absolute atomic E-state index is 12.8. The zero-order valence-corrected chi connectivity index (χ0v) is 19.5. The van der Waals surface area contributed by atoms with Gasteiger partial charge in [-0.1, -0.05) is 30.3 Å². The van der Waals surface area contributed by atoms with Gasteiger partial charge in [-0.05, 0) is 44.0 Å². The number of nitrogens with zero attached hydrogens (tertiary/aromatic N) is 2. The number of rotatable bonds is 9. The molecule has 3 rings (SSSR count). The van der Waals surface area contributed by atoms with Crippen LogP contribution in [0.25, 0.3) is 0 Å². The number of anilines is 1. The smallest absolute Gasteiger partial charge is 0.241 e. The van der Waals surface area contributed by atoms with E-state index in [-0.39, 0.29) is 18.6 Å². The number of aliphatic hydroxyl groups is 1. The van der Waals surface area contributed by atoms with Crippen molar-refractivity contribution in [2.75, 3.05) is 51.8 Å². The molecule has 0 saturated carbocycles. The van der Waals surface area contributed by atoms with Crippen LogP contribution in [0.15, 0.2) is 42.5 Å². The standard InChI is InChI=1S/C25H35N3O4/c1-18-8-7-9-19(2)24(18)26-25(30)20(3)28-14-12-27(13-15-28)16-21(29)17-32-23-11-6-5-10-22(23)31-4/h5-11,20-21,29H,12-17H2,1-4H3,(H,26,30). The predicted molar refractivity (Wildman–Crippen MR) is 127 cm³/mol. The molecule has 2 unspecified atom stereocenters. The summed E-state index contributed by atoms with van der Waals surface area (Å²) in [5, 5.41) is 13.5. The van der Waals surface area contributed by atoms with E-state index >= 15 is 0 Å². The van der Waals surface area contributed by atoms with Crippen LogP contribution in [-0.4, -0.2) is 79.4 Å². The molecule has 2 atom stereocenters. The van der Waals surface area contributed by atoms with Gasteiger partial charge in [0.2, 0.25) is 5.91 Å². The number of aliphatic hydroxyl groups excluding tert-OH is 1. The van der Waals surface area contributed by atoms with Crippen molar-refractivity contribution in [1.82, 2.24) is 9.80 Å². The van der Waals surface area contributed by atoms with E-state index in [9.17, 15) is 9.90 Å². The van der Waals surface area contributed by atoms with Crippen molar-refractivity contribution < 1.29 is 19.4 Å². The molecule has 1 fully saturated rings. The van der Waals surface area contributed by atoms with Crippen LogP contribution in [0.2, 0.25) is 0 Å². The highest BCUT2D eigenvalue weighted by atomic mass is 16.5. The van der Waals surface area contributed by atoms with Gasteiger partial charge >= 0.3 is 0 Å². The van der Waals surface area contributed by atoms with Crippen molar-refractivity contribution in [3.63, 3.8) is 0 Å². The summed E-state index contributed by atoms with van der Waals surface area (Å²) < 4.78 is 11.0. The maximum Gasteiger partial charge on any atom is 0.241 e. The molecule has 32 heavy (non-hydrogen) atoms. The quantitative estimate of drug-likeness (QED) is 0.623. The first-order valence-corrected chi connectivity index (χ1v) is 11.2. The number of methoxy groups -OCH3 is 1. The van der Waals surface area contributed by atoms with Crippen molar-refractivity contribution in [2.24, 2.45) is 0 Å². The third-order valence-electron chi connectivity index (χ3n) is 6.03. The Labute approximate surface area is 190 Å². The minimum atomic E-state index is -0.601. The van der Waals surface area contributed by atoms with Crippen LogP contribution in [0.5, 0.6) is 11.5 Å². The zero-order chi connectivity index (χ0) is 23.1. The lowest BCUT2D eigenvalue weighted by molar-refractivity contribution is -0.121. The van der Waals surface area contributed by atoms with Gasteiger partial charge in [-0.2, -0.15) is 0 Å². The molecule has 1 heterocycles. The second-order valence-corrected chi connectivity index (χ2v) is 8.38. The molecule has 0 bridgehead atoms.